The number of aromatic carboxylic acids is 1. The molecule has 0 aliphatic heterocycles. The molecular weight excluding hydrogens is 372 g/mol. The van der Waals surface area contributed by atoms with Gasteiger partial charge >= 0.3 is 5.97 Å². The molecule has 2 amide bonds. The van der Waals surface area contributed by atoms with Crippen molar-refractivity contribution in [2.24, 2.45) is 5.92 Å². The molecule has 1 heterocycles. The third-order valence-corrected chi connectivity index (χ3v) is 4.04. The lowest BCUT2D eigenvalue weighted by atomic mass is 10.1. The number of carboxylic acid groups (broad SMARTS) is 1. The van der Waals surface area contributed by atoms with Gasteiger partial charge in [-0.05, 0) is 37.1 Å². The zero-order valence-electron chi connectivity index (χ0n) is 15.3. The average molecular weight is 393 g/mol. The lowest BCUT2D eigenvalue weighted by molar-refractivity contribution is -0.116. The minimum atomic E-state index is -1.10. The Kier molecular flexibility index (Phi) is 6.63. The van der Waals surface area contributed by atoms with Gasteiger partial charge in [-0.1, -0.05) is 25.4 Å². The molecule has 0 radical (unpaired) electrons. The van der Waals surface area contributed by atoms with Gasteiger partial charge in [-0.2, -0.15) is 0 Å². The Bertz CT molecular complexity index is 873. The molecule has 8 heteroatoms. The van der Waals surface area contributed by atoms with E-state index >= 15 is 0 Å². The standard InChI is InChI=1S/C19H21ClN2O5/c1-10(2)6-17(23)22-12-4-5-16(20)15(7-12)18(24)21-9-13-8-14(19(25)26)11(3)27-13/h4-5,7-8,10H,6,9H2,1-3H3,(H,21,24)(H,22,23)(H,25,26). The SMILES string of the molecule is Cc1oc(CNC(=O)c2cc(NC(=O)CC(C)C)ccc2Cl)cc1C(=O)O. The highest BCUT2D eigenvalue weighted by molar-refractivity contribution is 6.34. The summed E-state index contributed by atoms with van der Waals surface area (Å²) in [6.45, 7) is 5.42. The summed E-state index contributed by atoms with van der Waals surface area (Å²) in [5.41, 5.74) is 0.713. The van der Waals surface area contributed by atoms with Crippen molar-refractivity contribution in [3.05, 3.63) is 51.9 Å². The van der Waals surface area contributed by atoms with Crippen molar-refractivity contribution < 1.29 is 23.9 Å². The number of carboxylic acids is 1. The van der Waals surface area contributed by atoms with Gasteiger partial charge < -0.3 is 20.2 Å². The van der Waals surface area contributed by atoms with Gasteiger partial charge in [-0.15, -0.1) is 0 Å². The highest BCUT2D eigenvalue weighted by atomic mass is 35.5. The van der Waals surface area contributed by atoms with Crippen LogP contribution in [0.15, 0.2) is 28.7 Å². The number of furan rings is 1. The normalized spacial score (nSPS) is 10.7. The number of aryl methyl sites for hydroxylation is 1. The number of rotatable bonds is 7. The van der Waals surface area contributed by atoms with E-state index in [4.69, 9.17) is 21.1 Å². The molecule has 1 aromatic carbocycles. The van der Waals surface area contributed by atoms with Crippen LogP contribution in [0.2, 0.25) is 5.02 Å². The van der Waals surface area contributed by atoms with Crippen molar-refractivity contribution in [3.63, 3.8) is 0 Å². The summed E-state index contributed by atoms with van der Waals surface area (Å²) in [4.78, 5) is 35.3. The van der Waals surface area contributed by atoms with Gasteiger partial charge in [0.2, 0.25) is 5.91 Å². The molecular formula is C19H21ClN2O5. The summed E-state index contributed by atoms with van der Waals surface area (Å²) in [6.07, 6.45) is 0.369. The fourth-order valence-corrected chi connectivity index (χ4v) is 2.67. The first-order valence-corrected chi connectivity index (χ1v) is 8.75. The van der Waals surface area contributed by atoms with Crippen LogP contribution in [0.25, 0.3) is 0 Å². The molecule has 2 rings (SSSR count). The van der Waals surface area contributed by atoms with Crippen molar-refractivity contribution in [1.82, 2.24) is 5.32 Å². The molecule has 0 bridgehead atoms. The number of hydrogen-bond donors (Lipinski definition) is 3. The number of carbonyl (C=O) groups is 3. The first-order chi connectivity index (χ1) is 12.7. The Labute approximate surface area is 161 Å². The number of carbonyl (C=O) groups excluding carboxylic acids is 2. The zero-order chi connectivity index (χ0) is 20.1. The molecule has 0 aliphatic carbocycles. The van der Waals surface area contributed by atoms with Crippen molar-refractivity contribution in [2.45, 2.75) is 33.7 Å². The quantitative estimate of drug-likeness (QED) is 0.663. The fourth-order valence-electron chi connectivity index (χ4n) is 2.47. The van der Waals surface area contributed by atoms with E-state index in [0.29, 0.717) is 17.9 Å². The fraction of sp³-hybridized carbons (Fsp3) is 0.316. The number of anilines is 1. The van der Waals surface area contributed by atoms with Gasteiger partial charge in [-0.3, -0.25) is 9.59 Å². The summed E-state index contributed by atoms with van der Waals surface area (Å²) in [5.74, 6) is -0.915. The zero-order valence-corrected chi connectivity index (χ0v) is 16.0. The Hall–Kier alpha value is -2.80. The first kappa shape index (κ1) is 20.5. The maximum absolute atomic E-state index is 12.4. The topological polar surface area (TPSA) is 109 Å². The Morgan fingerprint density at radius 2 is 1.89 bits per heavy atom. The smallest absolute Gasteiger partial charge is 0.339 e. The minimum Gasteiger partial charge on any atom is -0.478 e. The summed E-state index contributed by atoms with van der Waals surface area (Å²) in [6, 6.07) is 6.00. The molecule has 3 N–H and O–H groups in total. The molecule has 27 heavy (non-hydrogen) atoms. The van der Waals surface area contributed by atoms with Crippen LogP contribution >= 0.6 is 11.6 Å². The van der Waals surface area contributed by atoms with E-state index in [1.54, 1.807) is 6.07 Å². The number of benzene rings is 1. The monoisotopic (exact) mass is 392 g/mol. The van der Waals surface area contributed by atoms with Crippen molar-refractivity contribution in [3.8, 4) is 0 Å². The van der Waals surface area contributed by atoms with Crippen LogP contribution in [0.4, 0.5) is 5.69 Å². The van der Waals surface area contributed by atoms with E-state index in [0.717, 1.165) is 0 Å². The predicted octanol–water partition coefficient (Wildman–Crippen LogP) is 3.85. The molecule has 0 spiro atoms. The van der Waals surface area contributed by atoms with Crippen LogP contribution < -0.4 is 10.6 Å². The van der Waals surface area contributed by atoms with Crippen molar-refractivity contribution in [2.75, 3.05) is 5.32 Å². The summed E-state index contributed by atoms with van der Waals surface area (Å²) in [7, 11) is 0. The predicted molar refractivity (Wildman–Crippen MR) is 101 cm³/mol. The van der Waals surface area contributed by atoms with Crippen LogP contribution in [0.3, 0.4) is 0 Å². The van der Waals surface area contributed by atoms with Crippen LogP contribution in [0.1, 0.15) is 52.5 Å². The summed E-state index contributed by atoms with van der Waals surface area (Å²) < 4.78 is 5.32. The lowest BCUT2D eigenvalue weighted by Gasteiger charge is -2.10. The second-order valence-electron chi connectivity index (χ2n) is 6.51. The summed E-state index contributed by atoms with van der Waals surface area (Å²) in [5, 5.41) is 14.6. The summed E-state index contributed by atoms with van der Waals surface area (Å²) >= 11 is 6.09. The van der Waals surface area contributed by atoms with Crippen LogP contribution in [0.5, 0.6) is 0 Å². The maximum atomic E-state index is 12.4. The van der Waals surface area contributed by atoms with Gasteiger partial charge in [0.15, 0.2) is 0 Å². The van der Waals surface area contributed by atoms with Gasteiger partial charge in [0, 0.05) is 12.1 Å². The highest BCUT2D eigenvalue weighted by Gasteiger charge is 2.16. The second kappa shape index (κ2) is 8.73. The lowest BCUT2D eigenvalue weighted by Crippen LogP contribution is -2.23. The molecule has 0 saturated carbocycles. The number of halogens is 1. The van der Waals surface area contributed by atoms with Crippen molar-refractivity contribution in [1.29, 1.82) is 0 Å². The minimum absolute atomic E-state index is 0.00716. The molecule has 0 saturated heterocycles. The third-order valence-electron chi connectivity index (χ3n) is 3.71. The second-order valence-corrected chi connectivity index (χ2v) is 6.92. The largest absolute Gasteiger partial charge is 0.478 e. The Morgan fingerprint density at radius 3 is 2.48 bits per heavy atom. The van der Waals surface area contributed by atoms with Crippen LogP contribution in [0, 0.1) is 12.8 Å². The van der Waals surface area contributed by atoms with Gasteiger partial charge in [0.05, 0.1) is 17.1 Å². The molecule has 1 aromatic heterocycles. The van der Waals surface area contributed by atoms with E-state index in [1.165, 1.54) is 25.1 Å². The van der Waals surface area contributed by atoms with E-state index in [9.17, 15) is 14.4 Å². The molecule has 0 unspecified atom stereocenters. The van der Waals surface area contributed by atoms with Gasteiger partial charge in [0.25, 0.3) is 5.91 Å². The number of nitrogens with one attached hydrogen (secondary N) is 2. The van der Waals surface area contributed by atoms with E-state index < -0.39 is 11.9 Å². The number of amides is 2. The van der Waals surface area contributed by atoms with Gasteiger partial charge in [0.1, 0.15) is 17.1 Å². The van der Waals surface area contributed by atoms with Crippen LogP contribution in [-0.2, 0) is 11.3 Å². The molecule has 2 aromatic rings. The maximum Gasteiger partial charge on any atom is 0.339 e. The van der Waals surface area contributed by atoms with E-state index in [1.807, 2.05) is 13.8 Å². The van der Waals surface area contributed by atoms with E-state index in [-0.39, 0.29) is 40.3 Å². The molecule has 0 fully saturated rings. The molecule has 0 aliphatic rings. The molecule has 0 atom stereocenters. The van der Waals surface area contributed by atoms with Crippen molar-refractivity contribution >= 4 is 35.1 Å². The van der Waals surface area contributed by atoms with Gasteiger partial charge in [-0.25, -0.2) is 4.79 Å². The average Bonchev–Trinajstić information content (AvgIpc) is 2.94. The molecule has 144 valence electrons. The van der Waals surface area contributed by atoms with Crippen LogP contribution in [-0.4, -0.2) is 22.9 Å². The highest BCUT2D eigenvalue weighted by Crippen LogP contribution is 2.21. The third kappa shape index (κ3) is 5.59. The Balaban J connectivity index is 2.07. The number of hydrogen-bond acceptors (Lipinski definition) is 4. The Morgan fingerprint density at radius 1 is 1.19 bits per heavy atom. The molecule has 7 nitrogen and oxygen atoms in total. The first-order valence-electron chi connectivity index (χ1n) is 8.37. The van der Waals surface area contributed by atoms with E-state index in [2.05, 4.69) is 10.6 Å².